The number of aromatic nitrogens is 4. The first-order chi connectivity index (χ1) is 17.0. The molecule has 0 radical (unpaired) electrons. The molecule has 1 aliphatic heterocycles. The predicted octanol–water partition coefficient (Wildman–Crippen LogP) is 3.06. The summed E-state index contributed by atoms with van der Waals surface area (Å²) >= 11 is 0. The lowest BCUT2D eigenvalue weighted by Crippen LogP contribution is -2.31. The van der Waals surface area contributed by atoms with Gasteiger partial charge in [0.1, 0.15) is 23.3 Å². The third-order valence-electron chi connectivity index (χ3n) is 6.08. The highest BCUT2D eigenvalue weighted by molar-refractivity contribution is 5.93. The summed E-state index contributed by atoms with van der Waals surface area (Å²) in [4.78, 5) is 36.0. The molecule has 0 saturated carbocycles. The zero-order valence-electron chi connectivity index (χ0n) is 19.4. The van der Waals surface area contributed by atoms with Gasteiger partial charge in [-0.3, -0.25) is 13.9 Å². The highest BCUT2D eigenvalue weighted by Gasteiger charge is 2.31. The van der Waals surface area contributed by atoms with Crippen LogP contribution in [0.25, 0.3) is 16.9 Å². The van der Waals surface area contributed by atoms with E-state index in [9.17, 15) is 9.59 Å². The van der Waals surface area contributed by atoms with Gasteiger partial charge in [-0.15, -0.1) is 0 Å². The summed E-state index contributed by atoms with van der Waals surface area (Å²) in [6.45, 7) is 4.53. The van der Waals surface area contributed by atoms with Gasteiger partial charge in [0.2, 0.25) is 0 Å². The van der Waals surface area contributed by atoms with Crippen LogP contribution in [0, 0.1) is 18.8 Å². The Balaban J connectivity index is 1.52. The number of fused-ring (bicyclic) bond motifs is 1. The Labute approximate surface area is 201 Å². The number of likely N-dealkylation sites (tertiary alicyclic amines) is 1. The van der Waals surface area contributed by atoms with Crippen molar-refractivity contribution < 1.29 is 9.53 Å². The number of nitrogens with two attached hydrogens (primary N) is 1. The van der Waals surface area contributed by atoms with E-state index in [1.54, 1.807) is 40.7 Å². The molecule has 1 amide bonds. The predicted molar refractivity (Wildman–Crippen MR) is 132 cm³/mol. The molecule has 2 N–H and O–H groups in total. The maximum absolute atomic E-state index is 13.7. The van der Waals surface area contributed by atoms with Gasteiger partial charge in [-0.1, -0.05) is 23.6 Å². The molecule has 35 heavy (non-hydrogen) atoms. The van der Waals surface area contributed by atoms with E-state index in [0.717, 1.165) is 11.3 Å². The zero-order valence-corrected chi connectivity index (χ0v) is 19.4. The van der Waals surface area contributed by atoms with Gasteiger partial charge in [0.05, 0.1) is 11.7 Å². The molecule has 0 unspecified atom stereocenters. The lowest BCUT2D eigenvalue weighted by molar-refractivity contribution is -0.124. The monoisotopic (exact) mass is 468 g/mol. The first-order valence-corrected chi connectivity index (χ1v) is 11.3. The number of nitrogen functional groups attached to an aromatic ring is 1. The van der Waals surface area contributed by atoms with Gasteiger partial charge < -0.3 is 15.4 Å². The molecule has 1 fully saturated rings. The summed E-state index contributed by atoms with van der Waals surface area (Å²) in [7, 11) is 0. The number of rotatable bonds is 4. The minimum absolute atomic E-state index is 0.202. The number of hydrogen-bond donors (Lipinski definition) is 1. The van der Waals surface area contributed by atoms with Gasteiger partial charge in [0, 0.05) is 13.1 Å². The average molecular weight is 469 g/mol. The van der Waals surface area contributed by atoms with E-state index in [0.29, 0.717) is 42.1 Å². The number of imidazole rings is 1. The second-order valence-corrected chi connectivity index (χ2v) is 8.40. The van der Waals surface area contributed by atoms with Crippen LogP contribution in [0.15, 0.2) is 59.7 Å². The van der Waals surface area contributed by atoms with Crippen molar-refractivity contribution in [2.45, 2.75) is 26.3 Å². The van der Waals surface area contributed by atoms with Crippen molar-refractivity contribution in [1.29, 1.82) is 0 Å². The van der Waals surface area contributed by atoms with Crippen LogP contribution in [0.4, 0.5) is 5.82 Å². The molecule has 3 heterocycles. The number of carbonyl (C=O) groups excluding carboxylic acids is 1. The number of anilines is 1. The maximum atomic E-state index is 13.7. The molecule has 176 valence electrons. The van der Waals surface area contributed by atoms with E-state index in [1.807, 2.05) is 31.2 Å². The fourth-order valence-corrected chi connectivity index (χ4v) is 4.36. The molecular formula is C26H24N6O3. The van der Waals surface area contributed by atoms with E-state index in [4.69, 9.17) is 10.5 Å². The average Bonchev–Trinajstić information content (AvgIpc) is 3.44. The van der Waals surface area contributed by atoms with Crippen molar-refractivity contribution in [2.75, 3.05) is 18.8 Å². The van der Waals surface area contributed by atoms with Gasteiger partial charge in [-0.25, -0.2) is 14.8 Å². The molecule has 1 aliphatic rings. The molecule has 9 nitrogen and oxygen atoms in total. The van der Waals surface area contributed by atoms with Gasteiger partial charge in [-0.05, 0) is 62.6 Å². The topological polar surface area (TPSA) is 108 Å². The first kappa shape index (κ1) is 22.2. The fraction of sp³-hybridized carbons (Fsp3) is 0.231. The lowest BCUT2D eigenvalue weighted by Gasteiger charge is -2.14. The highest BCUT2D eigenvalue weighted by atomic mass is 16.5. The number of carbonyl (C=O) groups is 1. The van der Waals surface area contributed by atoms with Crippen LogP contribution in [0.2, 0.25) is 0 Å². The number of benzene rings is 2. The number of aryl methyl sites for hydroxylation is 1. The van der Waals surface area contributed by atoms with Crippen LogP contribution in [-0.2, 0) is 4.79 Å². The summed E-state index contributed by atoms with van der Waals surface area (Å²) in [5.74, 6) is 6.52. The van der Waals surface area contributed by atoms with Crippen molar-refractivity contribution in [3.8, 4) is 29.0 Å². The molecule has 0 spiro atoms. The van der Waals surface area contributed by atoms with E-state index in [2.05, 4.69) is 21.8 Å². The van der Waals surface area contributed by atoms with Crippen molar-refractivity contribution in [2.24, 2.45) is 0 Å². The summed E-state index contributed by atoms with van der Waals surface area (Å²) in [6, 6.07) is 14.7. The minimum atomic E-state index is -0.291. The molecule has 1 saturated heterocycles. The number of hydrogen-bond acceptors (Lipinski definition) is 6. The second kappa shape index (κ2) is 8.99. The molecule has 0 bridgehead atoms. The van der Waals surface area contributed by atoms with Gasteiger partial charge in [0.25, 0.3) is 5.91 Å². The molecular weight excluding hydrogens is 444 g/mol. The SMILES string of the molecule is CC#CC(=O)N1CC[C@@H](n2c(=O)n(-c3ccc(Oc4ccc(C)cc4)cc3)c3c(N)ncnc32)C1. The van der Waals surface area contributed by atoms with Gasteiger partial charge >= 0.3 is 5.69 Å². The van der Waals surface area contributed by atoms with Crippen molar-refractivity contribution in [1.82, 2.24) is 24.0 Å². The zero-order chi connectivity index (χ0) is 24.5. The van der Waals surface area contributed by atoms with Crippen molar-refractivity contribution >= 4 is 22.9 Å². The number of amides is 1. The standard InChI is InChI=1S/C26H24N6O3/c1-3-4-22(33)30-14-13-19(15-30)32-25-23(24(27)28-16-29-25)31(26(32)34)18-7-11-21(12-8-18)35-20-9-5-17(2)6-10-20/h5-12,16,19H,13-15H2,1-2H3,(H2,27,28,29)/t19-/m1/s1. The highest BCUT2D eigenvalue weighted by Crippen LogP contribution is 2.28. The van der Waals surface area contributed by atoms with Crippen LogP contribution < -0.4 is 16.2 Å². The van der Waals surface area contributed by atoms with Crippen LogP contribution in [0.1, 0.15) is 24.9 Å². The molecule has 5 rings (SSSR count). The Morgan fingerprint density at radius 2 is 1.77 bits per heavy atom. The minimum Gasteiger partial charge on any atom is -0.457 e. The Kier molecular flexibility index (Phi) is 5.71. The number of ether oxygens (including phenoxy) is 1. The third kappa shape index (κ3) is 4.10. The Bertz CT molecular complexity index is 1520. The Morgan fingerprint density at radius 3 is 2.46 bits per heavy atom. The maximum Gasteiger partial charge on any atom is 0.335 e. The van der Waals surface area contributed by atoms with E-state index >= 15 is 0 Å². The molecule has 1 atom stereocenters. The summed E-state index contributed by atoms with van der Waals surface area (Å²) in [5.41, 5.74) is 8.54. The summed E-state index contributed by atoms with van der Waals surface area (Å²) in [6.07, 6.45) is 1.96. The van der Waals surface area contributed by atoms with Gasteiger partial charge in [-0.2, -0.15) is 0 Å². The smallest absolute Gasteiger partial charge is 0.335 e. The van der Waals surface area contributed by atoms with Crippen LogP contribution >= 0.6 is 0 Å². The Hall–Kier alpha value is -4.58. The lowest BCUT2D eigenvalue weighted by atomic mass is 10.2. The Morgan fingerprint density at radius 1 is 1.09 bits per heavy atom. The molecule has 0 aliphatic carbocycles. The van der Waals surface area contributed by atoms with Gasteiger partial charge in [0.15, 0.2) is 11.5 Å². The largest absolute Gasteiger partial charge is 0.457 e. The molecule has 9 heteroatoms. The summed E-state index contributed by atoms with van der Waals surface area (Å²) < 4.78 is 9.03. The molecule has 4 aromatic rings. The van der Waals surface area contributed by atoms with E-state index < -0.39 is 0 Å². The van der Waals surface area contributed by atoms with Crippen LogP contribution in [-0.4, -0.2) is 43.0 Å². The van der Waals surface area contributed by atoms with Crippen molar-refractivity contribution in [3.05, 3.63) is 70.9 Å². The third-order valence-corrected chi connectivity index (χ3v) is 6.08. The van der Waals surface area contributed by atoms with E-state index in [-0.39, 0.29) is 23.5 Å². The van der Waals surface area contributed by atoms with E-state index in [1.165, 1.54) is 10.9 Å². The quantitative estimate of drug-likeness (QED) is 0.461. The van der Waals surface area contributed by atoms with Crippen molar-refractivity contribution in [3.63, 3.8) is 0 Å². The van der Waals surface area contributed by atoms with Crippen LogP contribution in [0.3, 0.4) is 0 Å². The molecule has 2 aromatic heterocycles. The first-order valence-electron chi connectivity index (χ1n) is 11.3. The number of nitrogens with zero attached hydrogens (tertiary/aromatic N) is 5. The van der Waals surface area contributed by atoms with Crippen LogP contribution in [0.5, 0.6) is 11.5 Å². The normalized spacial score (nSPS) is 15.1. The molecule has 2 aromatic carbocycles. The second-order valence-electron chi connectivity index (χ2n) is 8.40. The summed E-state index contributed by atoms with van der Waals surface area (Å²) in [5, 5.41) is 0. The fourth-order valence-electron chi connectivity index (χ4n) is 4.36.